The lowest BCUT2D eigenvalue weighted by atomic mass is 9.97. The van der Waals surface area contributed by atoms with Crippen LogP contribution < -0.4 is 10.1 Å². The van der Waals surface area contributed by atoms with E-state index in [9.17, 15) is 4.79 Å². The van der Waals surface area contributed by atoms with E-state index in [1.165, 1.54) is 31.5 Å². The Morgan fingerprint density at radius 1 is 1.03 bits per heavy atom. The molecule has 0 bridgehead atoms. The van der Waals surface area contributed by atoms with Crippen LogP contribution in [-0.2, 0) is 24.4 Å². The number of hydrogen-bond acceptors (Lipinski definition) is 7. The standard InChI is InChI=1S/C30H39N5O3/c1-22-6-4-14-34(18-22)19-24-8-3-7-23(16-24)17-31-30(36)26-9-5-15-35(20-26)21-28-32-29(33-38-28)25-10-12-27(37-2)13-11-25/h3,7-8,10-13,16,22,26H,4-6,9,14-15,17-21H2,1-2H3,(H,31,36). The number of piperidine rings is 2. The summed E-state index contributed by atoms with van der Waals surface area (Å²) in [4.78, 5) is 22.4. The molecule has 1 N–H and O–H groups in total. The minimum absolute atomic E-state index is 0.0363. The lowest BCUT2D eigenvalue weighted by Gasteiger charge is -2.31. The van der Waals surface area contributed by atoms with E-state index >= 15 is 0 Å². The SMILES string of the molecule is COc1ccc(-c2noc(CN3CCCC(C(=O)NCc4cccc(CN5CCCC(C)C5)c4)C3)n2)cc1. The second-order valence-electron chi connectivity index (χ2n) is 10.8. The topological polar surface area (TPSA) is 83.7 Å². The van der Waals surface area contributed by atoms with Gasteiger partial charge in [0.05, 0.1) is 19.6 Å². The van der Waals surface area contributed by atoms with Gasteiger partial charge in [-0.1, -0.05) is 36.3 Å². The zero-order valence-corrected chi connectivity index (χ0v) is 22.6. The van der Waals surface area contributed by atoms with Gasteiger partial charge in [-0.3, -0.25) is 14.6 Å². The summed E-state index contributed by atoms with van der Waals surface area (Å²) in [5.41, 5.74) is 3.36. The molecule has 2 aliphatic rings. The smallest absolute Gasteiger partial charge is 0.241 e. The first-order valence-corrected chi connectivity index (χ1v) is 13.8. The van der Waals surface area contributed by atoms with Crippen molar-refractivity contribution in [3.05, 3.63) is 65.5 Å². The average molecular weight is 518 g/mol. The average Bonchev–Trinajstić information content (AvgIpc) is 3.40. The number of benzene rings is 2. The van der Waals surface area contributed by atoms with E-state index in [1.807, 2.05) is 24.3 Å². The second-order valence-corrected chi connectivity index (χ2v) is 10.8. The summed E-state index contributed by atoms with van der Waals surface area (Å²) in [5, 5.41) is 7.32. The maximum absolute atomic E-state index is 13.0. The van der Waals surface area contributed by atoms with Gasteiger partial charge in [0.25, 0.3) is 0 Å². The molecule has 2 fully saturated rings. The van der Waals surface area contributed by atoms with E-state index < -0.39 is 0 Å². The van der Waals surface area contributed by atoms with Crippen LogP contribution in [0.3, 0.4) is 0 Å². The third-order valence-corrected chi connectivity index (χ3v) is 7.66. The fraction of sp³-hybridized carbons (Fsp3) is 0.500. The first kappa shape index (κ1) is 26.4. The van der Waals surface area contributed by atoms with Crippen LogP contribution in [0.4, 0.5) is 0 Å². The molecule has 2 atom stereocenters. The van der Waals surface area contributed by atoms with E-state index in [1.54, 1.807) is 7.11 Å². The molecule has 0 saturated carbocycles. The normalized spacial score (nSPS) is 20.8. The first-order chi connectivity index (χ1) is 18.6. The molecule has 2 aromatic carbocycles. The molecule has 8 heteroatoms. The predicted molar refractivity (Wildman–Crippen MR) is 146 cm³/mol. The van der Waals surface area contributed by atoms with Gasteiger partial charge in [0, 0.05) is 31.7 Å². The summed E-state index contributed by atoms with van der Waals surface area (Å²) in [6.07, 6.45) is 4.49. The molecule has 38 heavy (non-hydrogen) atoms. The second kappa shape index (κ2) is 12.5. The van der Waals surface area contributed by atoms with Crippen LogP contribution in [0.25, 0.3) is 11.4 Å². The largest absolute Gasteiger partial charge is 0.497 e. The Hall–Kier alpha value is -3.23. The quantitative estimate of drug-likeness (QED) is 0.447. The van der Waals surface area contributed by atoms with Crippen molar-refractivity contribution in [1.82, 2.24) is 25.3 Å². The number of rotatable bonds is 9. The van der Waals surface area contributed by atoms with Gasteiger partial charge >= 0.3 is 0 Å². The summed E-state index contributed by atoms with van der Waals surface area (Å²) in [6, 6.07) is 16.2. The third kappa shape index (κ3) is 6.99. The molecule has 1 amide bonds. The summed E-state index contributed by atoms with van der Waals surface area (Å²) in [7, 11) is 1.64. The number of likely N-dealkylation sites (tertiary alicyclic amines) is 2. The van der Waals surface area contributed by atoms with Crippen LogP contribution in [0.1, 0.15) is 49.6 Å². The predicted octanol–water partition coefficient (Wildman–Crippen LogP) is 4.51. The number of methoxy groups -OCH3 is 1. The van der Waals surface area contributed by atoms with Crippen LogP contribution in [-0.4, -0.2) is 59.1 Å². The van der Waals surface area contributed by atoms with Crippen LogP contribution in [0.15, 0.2) is 53.1 Å². The lowest BCUT2D eigenvalue weighted by Crippen LogP contribution is -2.42. The van der Waals surface area contributed by atoms with Gasteiger partial charge in [-0.2, -0.15) is 4.98 Å². The summed E-state index contributed by atoms with van der Waals surface area (Å²) < 4.78 is 10.7. The number of nitrogens with one attached hydrogen (secondary N) is 1. The fourth-order valence-electron chi connectivity index (χ4n) is 5.64. The number of hydrogen-bond donors (Lipinski definition) is 1. The van der Waals surface area contributed by atoms with Gasteiger partial charge < -0.3 is 14.6 Å². The Labute approximate surface area is 225 Å². The number of nitrogens with zero attached hydrogens (tertiary/aromatic N) is 4. The third-order valence-electron chi connectivity index (χ3n) is 7.66. The van der Waals surface area contributed by atoms with Crippen LogP contribution in [0.2, 0.25) is 0 Å². The molecule has 1 aromatic heterocycles. The molecule has 0 radical (unpaired) electrons. The molecule has 3 heterocycles. The van der Waals surface area contributed by atoms with Crippen LogP contribution in [0.5, 0.6) is 5.75 Å². The summed E-state index contributed by atoms with van der Waals surface area (Å²) in [6.45, 7) is 8.40. The van der Waals surface area contributed by atoms with E-state index in [0.29, 0.717) is 31.3 Å². The Morgan fingerprint density at radius 2 is 1.79 bits per heavy atom. The molecule has 5 rings (SSSR count). The molecule has 8 nitrogen and oxygen atoms in total. The zero-order valence-electron chi connectivity index (χ0n) is 22.6. The van der Waals surface area contributed by atoms with E-state index in [-0.39, 0.29) is 11.8 Å². The fourth-order valence-corrected chi connectivity index (χ4v) is 5.64. The van der Waals surface area contributed by atoms with Gasteiger partial charge in [-0.05, 0) is 80.1 Å². The lowest BCUT2D eigenvalue weighted by molar-refractivity contribution is -0.127. The van der Waals surface area contributed by atoms with Crippen molar-refractivity contribution in [2.24, 2.45) is 11.8 Å². The van der Waals surface area contributed by atoms with Gasteiger partial charge in [0.2, 0.25) is 17.6 Å². The van der Waals surface area contributed by atoms with Crippen LogP contribution in [0, 0.1) is 11.8 Å². The summed E-state index contributed by atoms with van der Waals surface area (Å²) >= 11 is 0. The van der Waals surface area contributed by atoms with Gasteiger partial charge in [-0.15, -0.1) is 0 Å². The van der Waals surface area contributed by atoms with Gasteiger partial charge in [-0.25, -0.2) is 0 Å². The summed E-state index contributed by atoms with van der Waals surface area (Å²) in [5.74, 6) is 2.77. The van der Waals surface area contributed by atoms with Crippen molar-refractivity contribution in [1.29, 1.82) is 0 Å². The number of aromatic nitrogens is 2. The zero-order chi connectivity index (χ0) is 26.3. The maximum atomic E-state index is 13.0. The number of carbonyl (C=O) groups excluding carboxylic acids is 1. The molecular weight excluding hydrogens is 478 g/mol. The van der Waals surface area contributed by atoms with Crippen molar-refractivity contribution in [3.8, 4) is 17.1 Å². The van der Waals surface area contributed by atoms with Crippen molar-refractivity contribution in [3.63, 3.8) is 0 Å². The molecule has 2 unspecified atom stereocenters. The molecule has 202 valence electrons. The number of amides is 1. The van der Waals surface area contributed by atoms with Gasteiger partial charge in [0.1, 0.15) is 5.75 Å². The van der Waals surface area contributed by atoms with Crippen molar-refractivity contribution >= 4 is 5.91 Å². The molecule has 2 aliphatic heterocycles. The van der Waals surface area contributed by atoms with E-state index in [0.717, 1.165) is 48.7 Å². The highest BCUT2D eigenvalue weighted by molar-refractivity contribution is 5.79. The highest BCUT2D eigenvalue weighted by Crippen LogP contribution is 2.23. The highest BCUT2D eigenvalue weighted by atomic mass is 16.5. The maximum Gasteiger partial charge on any atom is 0.241 e. The highest BCUT2D eigenvalue weighted by Gasteiger charge is 2.27. The van der Waals surface area contributed by atoms with Crippen molar-refractivity contribution < 1.29 is 14.1 Å². The number of ether oxygens (including phenoxy) is 1. The van der Waals surface area contributed by atoms with Crippen molar-refractivity contribution in [2.75, 3.05) is 33.3 Å². The Balaban J connectivity index is 1.11. The Morgan fingerprint density at radius 3 is 2.58 bits per heavy atom. The molecule has 2 saturated heterocycles. The minimum Gasteiger partial charge on any atom is -0.497 e. The van der Waals surface area contributed by atoms with Gasteiger partial charge in [0.15, 0.2) is 0 Å². The van der Waals surface area contributed by atoms with Crippen molar-refractivity contribution in [2.45, 2.75) is 52.2 Å². The van der Waals surface area contributed by atoms with E-state index in [2.05, 4.69) is 56.4 Å². The Bertz CT molecular complexity index is 1190. The first-order valence-electron chi connectivity index (χ1n) is 13.8. The Kier molecular flexibility index (Phi) is 8.71. The molecular formula is C30H39N5O3. The van der Waals surface area contributed by atoms with Crippen LogP contribution >= 0.6 is 0 Å². The minimum atomic E-state index is -0.0363. The van der Waals surface area contributed by atoms with E-state index in [4.69, 9.17) is 9.26 Å². The monoisotopic (exact) mass is 517 g/mol. The molecule has 0 aliphatic carbocycles. The molecule has 0 spiro atoms. The number of carbonyl (C=O) groups is 1. The molecule has 3 aromatic rings.